The van der Waals surface area contributed by atoms with Crippen LogP contribution in [-0.4, -0.2) is 47.7 Å². The van der Waals surface area contributed by atoms with Crippen LogP contribution in [0.3, 0.4) is 0 Å². The summed E-state index contributed by atoms with van der Waals surface area (Å²) in [5, 5.41) is 3.39. The van der Waals surface area contributed by atoms with Gasteiger partial charge in [0.2, 0.25) is 11.8 Å². The van der Waals surface area contributed by atoms with Crippen molar-refractivity contribution in [2.75, 3.05) is 30.0 Å². The van der Waals surface area contributed by atoms with E-state index in [0.717, 1.165) is 11.1 Å². The van der Waals surface area contributed by atoms with Crippen molar-refractivity contribution in [1.82, 2.24) is 9.97 Å². The van der Waals surface area contributed by atoms with Gasteiger partial charge in [0.05, 0.1) is 25.4 Å². The lowest BCUT2D eigenvalue weighted by molar-refractivity contribution is -0.317. The summed E-state index contributed by atoms with van der Waals surface area (Å²) in [4.78, 5) is 8.42. The number of nitrogens with one attached hydrogen (secondary N) is 1. The number of hydrogen-bond donors (Lipinski definition) is 3. The first-order valence-electron chi connectivity index (χ1n) is 12.2. The van der Waals surface area contributed by atoms with Crippen molar-refractivity contribution in [3.8, 4) is 5.88 Å². The zero-order valence-electron chi connectivity index (χ0n) is 20.4. The summed E-state index contributed by atoms with van der Waals surface area (Å²) in [6, 6.07) is 19.2. The van der Waals surface area contributed by atoms with Gasteiger partial charge in [-0.2, -0.15) is 9.97 Å². The number of hydrogen-bond acceptors (Lipinski definition) is 10. The van der Waals surface area contributed by atoms with E-state index in [0.29, 0.717) is 25.3 Å². The van der Waals surface area contributed by atoms with E-state index < -0.39 is 12.6 Å². The van der Waals surface area contributed by atoms with Gasteiger partial charge in [-0.15, -0.1) is 6.58 Å². The molecule has 2 aliphatic heterocycles. The van der Waals surface area contributed by atoms with E-state index in [1.807, 2.05) is 60.7 Å². The normalized spacial score (nSPS) is 25.1. The number of nitrogens with two attached hydrogens (primary N) is 2. The van der Waals surface area contributed by atoms with Gasteiger partial charge in [-0.05, 0) is 5.56 Å². The molecule has 3 aromatic rings. The van der Waals surface area contributed by atoms with Crippen LogP contribution in [0, 0.1) is 0 Å². The Morgan fingerprint density at radius 3 is 2.51 bits per heavy atom. The average Bonchev–Trinajstić information content (AvgIpc) is 2.93. The molecule has 0 aliphatic carbocycles. The van der Waals surface area contributed by atoms with Gasteiger partial charge >= 0.3 is 0 Å². The maximum absolute atomic E-state index is 6.31. The molecular formula is C27H31N5O5. The van der Waals surface area contributed by atoms with E-state index in [1.165, 1.54) is 0 Å². The molecule has 0 spiro atoms. The van der Waals surface area contributed by atoms with Crippen LogP contribution in [0.1, 0.15) is 23.8 Å². The highest BCUT2D eigenvalue weighted by molar-refractivity contribution is 5.69. The molecule has 2 aliphatic rings. The van der Waals surface area contributed by atoms with Crippen molar-refractivity contribution in [2.24, 2.45) is 0 Å². The molecule has 5 N–H and O–H groups in total. The Bertz CT molecular complexity index is 1180. The lowest BCUT2D eigenvalue weighted by atomic mass is 9.99. The maximum Gasteiger partial charge on any atom is 0.244 e. The van der Waals surface area contributed by atoms with E-state index in [-0.39, 0.29) is 42.5 Å². The fraction of sp³-hybridized carbons (Fsp3) is 0.333. The third-order valence-electron chi connectivity index (χ3n) is 6.17. The van der Waals surface area contributed by atoms with Crippen molar-refractivity contribution in [3.05, 3.63) is 84.4 Å². The molecule has 0 amide bonds. The molecule has 10 heteroatoms. The van der Waals surface area contributed by atoms with Crippen molar-refractivity contribution in [1.29, 1.82) is 0 Å². The summed E-state index contributed by atoms with van der Waals surface area (Å²) in [7, 11) is 0. The molecule has 5 rings (SSSR count). The minimum Gasteiger partial charge on any atom is -0.471 e. The monoisotopic (exact) mass is 505 g/mol. The van der Waals surface area contributed by atoms with Gasteiger partial charge in [-0.25, -0.2) is 0 Å². The van der Waals surface area contributed by atoms with Gasteiger partial charge in [0.1, 0.15) is 18.4 Å². The number of nitrogens with zero attached hydrogens (tertiary/aromatic N) is 2. The Hall–Kier alpha value is -3.70. The van der Waals surface area contributed by atoms with E-state index in [2.05, 4.69) is 21.9 Å². The van der Waals surface area contributed by atoms with E-state index in [9.17, 15) is 0 Å². The van der Waals surface area contributed by atoms with Crippen LogP contribution in [0.5, 0.6) is 5.88 Å². The van der Waals surface area contributed by atoms with Crippen molar-refractivity contribution in [3.63, 3.8) is 0 Å². The molecule has 1 aromatic heterocycles. The molecule has 5 atom stereocenters. The van der Waals surface area contributed by atoms with Crippen molar-refractivity contribution >= 4 is 17.5 Å². The quantitative estimate of drug-likeness (QED) is 0.371. The summed E-state index contributed by atoms with van der Waals surface area (Å²) in [6.07, 6.45) is 0.583. The van der Waals surface area contributed by atoms with E-state index in [4.69, 9.17) is 35.2 Å². The Kier molecular flexibility index (Phi) is 7.81. The summed E-state index contributed by atoms with van der Waals surface area (Å²) in [5.74, 6) is 0.424. The first-order chi connectivity index (χ1) is 18.1. The number of rotatable bonds is 9. The number of anilines is 3. The van der Waals surface area contributed by atoms with Gasteiger partial charge in [0, 0.05) is 12.0 Å². The molecule has 2 fully saturated rings. The van der Waals surface area contributed by atoms with E-state index in [1.54, 1.807) is 6.08 Å². The van der Waals surface area contributed by atoms with Gasteiger partial charge in [-0.3, -0.25) is 0 Å². The molecular weight excluding hydrogens is 474 g/mol. The summed E-state index contributed by atoms with van der Waals surface area (Å²) < 4.78 is 30.5. The summed E-state index contributed by atoms with van der Waals surface area (Å²) in [6.45, 7) is 4.71. The second-order valence-electron chi connectivity index (χ2n) is 8.82. The predicted octanol–water partition coefficient (Wildman–Crippen LogP) is 3.43. The van der Waals surface area contributed by atoms with Crippen LogP contribution in [0.25, 0.3) is 0 Å². The Labute approximate surface area is 215 Å². The van der Waals surface area contributed by atoms with Crippen LogP contribution in [0.4, 0.5) is 17.5 Å². The van der Waals surface area contributed by atoms with E-state index >= 15 is 0 Å². The molecule has 10 nitrogen and oxygen atoms in total. The lowest BCUT2D eigenvalue weighted by Crippen LogP contribution is -2.56. The molecule has 0 saturated carbocycles. The highest BCUT2D eigenvalue weighted by Gasteiger charge is 2.44. The van der Waals surface area contributed by atoms with Gasteiger partial charge in [0.15, 0.2) is 18.4 Å². The Morgan fingerprint density at radius 2 is 1.76 bits per heavy atom. The van der Waals surface area contributed by atoms with Crippen LogP contribution < -0.4 is 21.5 Å². The van der Waals surface area contributed by atoms with Crippen LogP contribution in [0.15, 0.2) is 73.3 Å². The third kappa shape index (κ3) is 6.00. The largest absolute Gasteiger partial charge is 0.471 e. The van der Waals surface area contributed by atoms with Crippen molar-refractivity contribution < 1.29 is 23.7 Å². The third-order valence-corrected chi connectivity index (χ3v) is 6.17. The molecule has 194 valence electrons. The first-order valence-corrected chi connectivity index (χ1v) is 12.2. The highest BCUT2D eigenvalue weighted by atomic mass is 16.7. The molecule has 2 saturated heterocycles. The zero-order valence-corrected chi connectivity index (χ0v) is 20.4. The molecule has 0 bridgehead atoms. The smallest absolute Gasteiger partial charge is 0.244 e. The molecule has 5 unspecified atom stereocenters. The minimum absolute atomic E-state index is 0.0176. The number of nitrogen functional groups attached to an aromatic ring is 2. The standard InChI is InChI=1S/C27H31N5O5/c1-2-13-33-26-19(14-20-21(37-26)16-35-25(36-20)18-11-7-4-8-12-18)30-22-23(28)31-27(29)32-24(22)34-15-17-9-5-3-6-10-17/h2-12,19-21,25-26,30H,1,13-16H2,(H4,28,29,31,32). The topological polar surface area (TPSA) is 136 Å². The Morgan fingerprint density at radius 1 is 1.00 bits per heavy atom. The number of fused-ring (bicyclic) bond motifs is 1. The molecule has 2 aromatic carbocycles. The molecule has 0 radical (unpaired) electrons. The fourth-order valence-electron chi connectivity index (χ4n) is 4.39. The Balaban J connectivity index is 1.36. The average molecular weight is 506 g/mol. The first kappa shape index (κ1) is 25.0. The predicted molar refractivity (Wildman–Crippen MR) is 138 cm³/mol. The minimum atomic E-state index is -0.626. The maximum atomic E-state index is 6.31. The molecule has 3 heterocycles. The second-order valence-corrected chi connectivity index (χ2v) is 8.82. The van der Waals surface area contributed by atoms with Gasteiger partial charge < -0.3 is 40.5 Å². The van der Waals surface area contributed by atoms with Crippen LogP contribution >= 0.6 is 0 Å². The van der Waals surface area contributed by atoms with Crippen LogP contribution in [0.2, 0.25) is 0 Å². The number of benzene rings is 2. The second kappa shape index (κ2) is 11.6. The van der Waals surface area contributed by atoms with Crippen molar-refractivity contribution in [2.45, 2.75) is 43.9 Å². The van der Waals surface area contributed by atoms with Gasteiger partial charge in [-0.1, -0.05) is 66.7 Å². The van der Waals surface area contributed by atoms with Crippen LogP contribution in [-0.2, 0) is 25.6 Å². The molecule has 37 heavy (non-hydrogen) atoms. The number of ether oxygens (including phenoxy) is 5. The summed E-state index contributed by atoms with van der Waals surface area (Å²) in [5.41, 5.74) is 14.5. The van der Waals surface area contributed by atoms with Gasteiger partial charge in [0.25, 0.3) is 0 Å². The zero-order chi connectivity index (χ0) is 25.6. The SMILES string of the molecule is C=CCOC1OC2COC(c3ccccc3)OC2CC1Nc1c(N)nc(N)nc1OCc1ccccc1. The lowest BCUT2D eigenvalue weighted by Gasteiger charge is -2.45. The summed E-state index contributed by atoms with van der Waals surface area (Å²) >= 11 is 0. The highest BCUT2D eigenvalue weighted by Crippen LogP contribution is 2.37. The number of aromatic nitrogens is 2. The fourth-order valence-corrected chi connectivity index (χ4v) is 4.39.